The largest absolute Gasteiger partial charge is 0.478 e. The van der Waals surface area contributed by atoms with E-state index in [1.165, 1.54) is 24.4 Å². The van der Waals surface area contributed by atoms with E-state index in [1.54, 1.807) is 6.07 Å². The van der Waals surface area contributed by atoms with Crippen molar-refractivity contribution in [2.45, 2.75) is 6.54 Å². The summed E-state index contributed by atoms with van der Waals surface area (Å²) < 4.78 is 5.55. The highest BCUT2D eigenvalue weighted by atomic mass is 79.9. The summed E-state index contributed by atoms with van der Waals surface area (Å²) in [6, 6.07) is 5.93. The van der Waals surface area contributed by atoms with Gasteiger partial charge in [-0.25, -0.2) is 4.79 Å². The lowest BCUT2D eigenvalue weighted by Crippen LogP contribution is -2.23. The fourth-order valence-corrected chi connectivity index (χ4v) is 1.71. The van der Waals surface area contributed by atoms with Crippen LogP contribution >= 0.6 is 15.9 Å². The van der Waals surface area contributed by atoms with Crippen LogP contribution in [0.2, 0.25) is 0 Å². The molecule has 0 aliphatic heterocycles. The molecule has 1 amide bonds. The summed E-state index contributed by atoms with van der Waals surface area (Å²) in [5, 5.41) is 11.4. The summed E-state index contributed by atoms with van der Waals surface area (Å²) in [7, 11) is 0. The van der Waals surface area contributed by atoms with Crippen LogP contribution in [-0.4, -0.2) is 22.0 Å². The number of aromatic carboxylic acids is 1. The Kier molecular flexibility index (Phi) is 3.96. The molecule has 0 fully saturated rings. The van der Waals surface area contributed by atoms with Crippen molar-refractivity contribution in [2.24, 2.45) is 0 Å². The number of hydrogen-bond acceptors (Lipinski definition) is 4. The molecule has 2 aromatic rings. The van der Waals surface area contributed by atoms with Crippen molar-refractivity contribution in [1.82, 2.24) is 10.3 Å². The fourth-order valence-electron chi connectivity index (χ4n) is 1.40. The molecular formula is C12H9BrN2O4. The first kappa shape index (κ1) is 13.3. The number of halogens is 1. The van der Waals surface area contributed by atoms with E-state index in [0.29, 0.717) is 10.4 Å². The molecule has 6 nitrogen and oxygen atoms in total. The minimum Gasteiger partial charge on any atom is -0.478 e. The Morgan fingerprint density at radius 1 is 1.37 bits per heavy atom. The summed E-state index contributed by atoms with van der Waals surface area (Å²) in [5.41, 5.74) is 0.582. The molecule has 0 aliphatic carbocycles. The summed E-state index contributed by atoms with van der Waals surface area (Å²) in [6.07, 6.45) is 1.38. The second-order valence-corrected chi connectivity index (χ2v) is 4.41. The summed E-state index contributed by atoms with van der Waals surface area (Å²) >= 11 is 3.10. The maximum absolute atomic E-state index is 11.7. The first-order valence-corrected chi connectivity index (χ1v) is 6.07. The maximum atomic E-state index is 11.7. The number of carboxylic acid groups (broad SMARTS) is 1. The van der Waals surface area contributed by atoms with E-state index in [-0.39, 0.29) is 17.9 Å². The maximum Gasteiger partial charge on any atom is 0.335 e. The predicted molar refractivity (Wildman–Crippen MR) is 68.8 cm³/mol. The predicted octanol–water partition coefficient (Wildman–Crippen LogP) is 2.07. The van der Waals surface area contributed by atoms with E-state index < -0.39 is 11.9 Å². The topological polar surface area (TPSA) is 92.4 Å². The lowest BCUT2D eigenvalue weighted by Gasteiger charge is -2.03. The molecule has 2 N–H and O–H groups in total. The van der Waals surface area contributed by atoms with Gasteiger partial charge < -0.3 is 14.8 Å². The molecule has 0 aromatic carbocycles. The van der Waals surface area contributed by atoms with Crippen molar-refractivity contribution in [3.63, 3.8) is 0 Å². The molecule has 0 atom stereocenters. The van der Waals surface area contributed by atoms with Crippen LogP contribution in [0.1, 0.15) is 26.6 Å². The van der Waals surface area contributed by atoms with Gasteiger partial charge in [0.25, 0.3) is 5.91 Å². The van der Waals surface area contributed by atoms with Gasteiger partial charge >= 0.3 is 5.97 Å². The van der Waals surface area contributed by atoms with Crippen LogP contribution in [0.25, 0.3) is 0 Å². The van der Waals surface area contributed by atoms with Crippen molar-refractivity contribution < 1.29 is 19.1 Å². The van der Waals surface area contributed by atoms with Gasteiger partial charge in [-0.3, -0.25) is 9.78 Å². The van der Waals surface area contributed by atoms with E-state index in [1.807, 2.05) is 0 Å². The van der Waals surface area contributed by atoms with E-state index in [2.05, 4.69) is 26.2 Å². The Morgan fingerprint density at radius 3 is 2.79 bits per heavy atom. The highest BCUT2D eigenvalue weighted by molar-refractivity contribution is 9.10. The molecule has 0 unspecified atom stereocenters. The average molecular weight is 325 g/mol. The average Bonchev–Trinajstić information content (AvgIpc) is 2.83. The number of carboxylic acids is 1. The van der Waals surface area contributed by atoms with Gasteiger partial charge in [0.15, 0.2) is 10.4 Å². The molecule has 2 heterocycles. The summed E-state index contributed by atoms with van der Waals surface area (Å²) in [5.74, 6) is -1.26. The van der Waals surface area contributed by atoms with Crippen molar-refractivity contribution >= 4 is 27.8 Å². The van der Waals surface area contributed by atoms with E-state index in [9.17, 15) is 9.59 Å². The monoisotopic (exact) mass is 324 g/mol. The molecule has 2 rings (SSSR count). The Morgan fingerprint density at radius 2 is 2.16 bits per heavy atom. The number of furan rings is 1. The molecule has 0 spiro atoms. The third kappa shape index (κ3) is 3.41. The fraction of sp³-hybridized carbons (Fsp3) is 0.0833. The van der Waals surface area contributed by atoms with Gasteiger partial charge in [0.05, 0.1) is 17.8 Å². The van der Waals surface area contributed by atoms with E-state index in [0.717, 1.165) is 0 Å². The summed E-state index contributed by atoms with van der Waals surface area (Å²) in [4.78, 5) is 26.4. The lowest BCUT2D eigenvalue weighted by molar-refractivity contribution is 0.0696. The Balaban J connectivity index is 2.01. The van der Waals surface area contributed by atoms with Gasteiger partial charge in [0.1, 0.15) is 0 Å². The number of amides is 1. The normalized spacial score (nSPS) is 10.2. The van der Waals surface area contributed by atoms with Gasteiger partial charge in [0.2, 0.25) is 0 Å². The molecular weight excluding hydrogens is 316 g/mol. The number of pyridine rings is 1. The number of aromatic nitrogens is 1. The number of carbonyl (C=O) groups is 2. The highest BCUT2D eigenvalue weighted by Crippen LogP contribution is 2.13. The van der Waals surface area contributed by atoms with Crippen LogP contribution < -0.4 is 5.32 Å². The molecule has 0 radical (unpaired) electrons. The quantitative estimate of drug-likeness (QED) is 0.898. The van der Waals surface area contributed by atoms with Crippen molar-refractivity contribution in [3.8, 4) is 0 Å². The zero-order valence-electron chi connectivity index (χ0n) is 9.59. The SMILES string of the molecule is O=C(O)c1ccnc(CNC(=O)c2ccc(Br)o2)c1. The molecule has 0 saturated heterocycles. The van der Waals surface area contributed by atoms with Gasteiger partial charge in [-0.1, -0.05) is 0 Å². The van der Waals surface area contributed by atoms with Crippen LogP contribution in [0, 0.1) is 0 Å². The summed E-state index contributed by atoms with van der Waals surface area (Å²) in [6.45, 7) is 0.123. The minimum absolute atomic E-state index is 0.123. The second-order valence-electron chi connectivity index (χ2n) is 3.63. The van der Waals surface area contributed by atoms with Crippen LogP contribution in [0.5, 0.6) is 0 Å². The van der Waals surface area contributed by atoms with Crippen LogP contribution in [-0.2, 0) is 6.54 Å². The van der Waals surface area contributed by atoms with Crippen molar-refractivity contribution in [2.75, 3.05) is 0 Å². The zero-order valence-corrected chi connectivity index (χ0v) is 11.2. The zero-order chi connectivity index (χ0) is 13.8. The van der Waals surface area contributed by atoms with Gasteiger partial charge in [-0.15, -0.1) is 0 Å². The van der Waals surface area contributed by atoms with Gasteiger partial charge in [-0.2, -0.15) is 0 Å². The third-order valence-electron chi connectivity index (χ3n) is 2.29. The molecule has 0 bridgehead atoms. The molecule has 7 heteroatoms. The number of hydrogen-bond donors (Lipinski definition) is 2. The third-order valence-corrected chi connectivity index (χ3v) is 2.72. The van der Waals surface area contributed by atoms with E-state index >= 15 is 0 Å². The van der Waals surface area contributed by atoms with Crippen molar-refractivity contribution in [3.05, 3.63) is 52.1 Å². The highest BCUT2D eigenvalue weighted by Gasteiger charge is 2.11. The molecule has 0 aliphatic rings. The first-order valence-electron chi connectivity index (χ1n) is 5.28. The molecule has 0 saturated carbocycles. The van der Waals surface area contributed by atoms with Gasteiger partial charge in [0, 0.05) is 6.20 Å². The van der Waals surface area contributed by atoms with Crippen molar-refractivity contribution in [1.29, 1.82) is 0 Å². The Bertz CT molecular complexity index is 624. The molecule has 2 aromatic heterocycles. The van der Waals surface area contributed by atoms with Crippen LogP contribution in [0.4, 0.5) is 0 Å². The molecule has 19 heavy (non-hydrogen) atoms. The second kappa shape index (κ2) is 5.66. The first-order chi connectivity index (χ1) is 9.06. The minimum atomic E-state index is -1.04. The lowest BCUT2D eigenvalue weighted by atomic mass is 10.2. The standard InChI is InChI=1S/C12H9BrN2O4/c13-10-2-1-9(19-10)11(16)15-6-8-5-7(12(17)18)3-4-14-8/h1-5H,6H2,(H,15,16)(H,17,18). The smallest absolute Gasteiger partial charge is 0.335 e. The number of rotatable bonds is 4. The Hall–Kier alpha value is -2.15. The van der Waals surface area contributed by atoms with Gasteiger partial charge in [-0.05, 0) is 40.2 Å². The van der Waals surface area contributed by atoms with E-state index in [4.69, 9.17) is 9.52 Å². The number of nitrogens with zero attached hydrogens (tertiary/aromatic N) is 1. The van der Waals surface area contributed by atoms with Crippen LogP contribution in [0.3, 0.4) is 0 Å². The van der Waals surface area contributed by atoms with Crippen LogP contribution in [0.15, 0.2) is 39.5 Å². The number of carbonyl (C=O) groups excluding carboxylic acids is 1. The molecule has 98 valence electrons. The number of nitrogens with one attached hydrogen (secondary N) is 1. The Labute approximate surface area is 116 Å².